The molecule has 2 rings (SSSR count). The number of carbonyl (C=O) groups is 2. The van der Waals surface area contributed by atoms with Crippen molar-refractivity contribution in [2.45, 2.75) is 11.1 Å². The third kappa shape index (κ3) is 5.64. The monoisotopic (exact) mass is 414 g/mol. The second-order valence-electron chi connectivity index (χ2n) is 5.34. The van der Waals surface area contributed by atoms with E-state index in [1.807, 2.05) is 0 Å². The number of nitrogens with zero attached hydrogens (tertiary/aromatic N) is 1. The molecule has 0 radical (unpaired) electrons. The third-order valence-electron chi connectivity index (χ3n) is 3.40. The van der Waals surface area contributed by atoms with Gasteiger partial charge in [-0.05, 0) is 6.07 Å². The molecule has 13 heteroatoms. The Labute approximate surface area is 151 Å². The summed E-state index contributed by atoms with van der Waals surface area (Å²) in [6, 6.07) is 1.13. The van der Waals surface area contributed by atoms with Gasteiger partial charge in [0.15, 0.2) is 0 Å². The Kier molecular flexibility index (Phi) is 6.58. The van der Waals surface area contributed by atoms with Gasteiger partial charge in [-0.3, -0.25) is 9.59 Å². The zero-order valence-corrected chi connectivity index (χ0v) is 15.1. The van der Waals surface area contributed by atoms with E-state index in [9.17, 15) is 31.2 Å². The lowest BCUT2D eigenvalue weighted by Gasteiger charge is -2.24. The van der Waals surface area contributed by atoms with Crippen LogP contribution in [0.2, 0.25) is 0 Å². The van der Waals surface area contributed by atoms with E-state index < -0.39 is 41.1 Å². The number of hydrogen-bond acceptors (Lipinski definition) is 5. The summed E-state index contributed by atoms with van der Waals surface area (Å²) in [6.07, 6.45) is -3.38. The van der Waals surface area contributed by atoms with Gasteiger partial charge < -0.3 is 15.6 Å². The molecule has 8 nitrogen and oxygen atoms in total. The lowest BCUT2D eigenvalue weighted by atomic mass is 10.4. The maximum absolute atomic E-state index is 12.5. The number of amides is 2. The van der Waals surface area contributed by atoms with E-state index in [0.29, 0.717) is 24.6 Å². The Morgan fingerprint density at radius 2 is 1.88 bits per heavy atom. The van der Waals surface area contributed by atoms with E-state index >= 15 is 0 Å². The molecule has 1 aromatic rings. The van der Waals surface area contributed by atoms with Gasteiger partial charge in [0.2, 0.25) is 15.9 Å². The molecule has 1 aliphatic heterocycles. The van der Waals surface area contributed by atoms with E-state index in [2.05, 4.69) is 10.3 Å². The fourth-order valence-corrected chi connectivity index (χ4v) is 4.68. The van der Waals surface area contributed by atoms with Crippen molar-refractivity contribution in [3.63, 3.8) is 0 Å². The summed E-state index contributed by atoms with van der Waals surface area (Å²) in [6.45, 7) is -1.42. The van der Waals surface area contributed by atoms with Crippen molar-refractivity contribution in [1.82, 2.24) is 19.9 Å². The smallest absolute Gasteiger partial charge is 0.356 e. The van der Waals surface area contributed by atoms with Crippen molar-refractivity contribution in [3.8, 4) is 0 Å². The van der Waals surface area contributed by atoms with Crippen LogP contribution < -0.4 is 10.6 Å². The van der Waals surface area contributed by atoms with E-state index in [4.69, 9.17) is 0 Å². The number of sulfonamides is 1. The number of aromatic amines is 1. The molecule has 0 bridgehead atoms. The molecule has 3 N–H and O–H groups in total. The van der Waals surface area contributed by atoms with Gasteiger partial charge in [0.1, 0.15) is 17.1 Å². The van der Waals surface area contributed by atoms with E-state index in [-0.39, 0.29) is 10.6 Å². The highest BCUT2D eigenvalue weighted by Gasteiger charge is 2.29. The number of rotatable bonds is 6. The summed E-state index contributed by atoms with van der Waals surface area (Å²) in [5.74, 6) is -0.447. The summed E-state index contributed by atoms with van der Waals surface area (Å²) in [4.78, 5) is 25.6. The van der Waals surface area contributed by atoms with Gasteiger partial charge >= 0.3 is 6.18 Å². The van der Waals surface area contributed by atoms with Crippen LogP contribution in [0.5, 0.6) is 0 Å². The molecule has 0 saturated carbocycles. The van der Waals surface area contributed by atoms with Crippen molar-refractivity contribution < 1.29 is 31.2 Å². The third-order valence-corrected chi connectivity index (χ3v) is 6.22. The van der Waals surface area contributed by atoms with E-state index in [0.717, 1.165) is 12.3 Å². The summed E-state index contributed by atoms with van der Waals surface area (Å²) in [5, 5.41) is 3.73. The average Bonchev–Trinajstić information content (AvgIpc) is 3.09. The zero-order valence-electron chi connectivity index (χ0n) is 13.4. The molecule has 1 fully saturated rings. The van der Waals surface area contributed by atoms with Gasteiger partial charge in [0, 0.05) is 30.8 Å². The topological polar surface area (TPSA) is 111 Å². The van der Waals surface area contributed by atoms with Crippen molar-refractivity contribution in [1.29, 1.82) is 0 Å². The summed E-state index contributed by atoms with van der Waals surface area (Å²) in [5.41, 5.74) is -0.112. The van der Waals surface area contributed by atoms with Crippen LogP contribution in [0.4, 0.5) is 13.2 Å². The molecule has 0 unspecified atom stereocenters. The van der Waals surface area contributed by atoms with Gasteiger partial charge in [0.25, 0.3) is 5.91 Å². The zero-order chi connectivity index (χ0) is 19.4. The standard InChI is InChI=1S/C13H17F3N4O4S2/c14-13(15,16)8-19-11(21)7-18-12(22)10-5-9(6-17-10)26(23,24)20-1-3-25-4-2-20/h5-6,17H,1-4,7-8H2,(H,18,22)(H,19,21). The Bertz CT molecular complexity index is 758. The first-order chi connectivity index (χ1) is 12.1. The average molecular weight is 414 g/mol. The Morgan fingerprint density at radius 1 is 1.23 bits per heavy atom. The predicted molar refractivity (Wildman–Crippen MR) is 88.3 cm³/mol. The van der Waals surface area contributed by atoms with Crippen LogP contribution in [0.25, 0.3) is 0 Å². The molecule has 0 aliphatic carbocycles. The molecule has 0 aromatic carbocycles. The van der Waals surface area contributed by atoms with Crippen LogP contribution in [-0.2, 0) is 14.8 Å². The molecule has 2 heterocycles. The van der Waals surface area contributed by atoms with Gasteiger partial charge in [-0.2, -0.15) is 29.2 Å². The SMILES string of the molecule is O=C(CNC(=O)c1cc(S(=O)(=O)N2CCSCC2)c[nH]1)NCC(F)(F)F. The van der Waals surface area contributed by atoms with Gasteiger partial charge in [-0.1, -0.05) is 0 Å². The minimum absolute atomic E-state index is 0.0870. The molecular formula is C13H17F3N4O4S2. The van der Waals surface area contributed by atoms with E-state index in [1.54, 1.807) is 17.1 Å². The minimum Gasteiger partial charge on any atom is -0.356 e. The van der Waals surface area contributed by atoms with Gasteiger partial charge in [-0.25, -0.2) is 8.42 Å². The van der Waals surface area contributed by atoms with Crippen molar-refractivity contribution >= 4 is 33.6 Å². The normalized spacial score (nSPS) is 16.3. The Hall–Kier alpha value is -1.73. The highest BCUT2D eigenvalue weighted by Crippen LogP contribution is 2.20. The summed E-state index contributed by atoms with van der Waals surface area (Å²) < 4.78 is 62.2. The lowest BCUT2D eigenvalue weighted by molar-refractivity contribution is -0.137. The molecular weight excluding hydrogens is 397 g/mol. The van der Waals surface area contributed by atoms with Crippen LogP contribution in [0.3, 0.4) is 0 Å². The van der Waals surface area contributed by atoms with Crippen molar-refractivity contribution in [2.24, 2.45) is 0 Å². The minimum atomic E-state index is -4.55. The number of thioether (sulfide) groups is 1. The van der Waals surface area contributed by atoms with Crippen LogP contribution in [0.1, 0.15) is 10.5 Å². The molecule has 2 amide bonds. The molecule has 1 saturated heterocycles. The largest absolute Gasteiger partial charge is 0.405 e. The molecule has 146 valence electrons. The first-order valence-corrected chi connectivity index (χ1v) is 10.1. The van der Waals surface area contributed by atoms with Gasteiger partial charge in [-0.15, -0.1) is 0 Å². The first kappa shape index (κ1) is 20.6. The van der Waals surface area contributed by atoms with Crippen LogP contribution in [0, 0.1) is 0 Å². The van der Waals surface area contributed by atoms with Crippen molar-refractivity contribution in [2.75, 3.05) is 37.7 Å². The Balaban J connectivity index is 1.92. The highest BCUT2D eigenvalue weighted by atomic mass is 32.2. The fourth-order valence-electron chi connectivity index (χ4n) is 2.11. The van der Waals surface area contributed by atoms with Crippen LogP contribution in [-0.4, -0.2) is 73.4 Å². The molecule has 1 aliphatic rings. The molecule has 1 aromatic heterocycles. The second kappa shape index (κ2) is 8.31. The molecule has 26 heavy (non-hydrogen) atoms. The first-order valence-electron chi connectivity index (χ1n) is 7.47. The Morgan fingerprint density at radius 3 is 2.50 bits per heavy atom. The predicted octanol–water partition coefficient (Wildman–Crippen LogP) is 0.160. The van der Waals surface area contributed by atoms with Crippen LogP contribution >= 0.6 is 11.8 Å². The number of hydrogen-bond donors (Lipinski definition) is 3. The number of halogens is 3. The summed E-state index contributed by atoms with van der Waals surface area (Å²) >= 11 is 1.65. The van der Waals surface area contributed by atoms with Gasteiger partial charge in [0.05, 0.1) is 6.54 Å². The van der Waals surface area contributed by atoms with E-state index in [1.165, 1.54) is 4.31 Å². The second-order valence-corrected chi connectivity index (χ2v) is 8.50. The maximum atomic E-state index is 12.5. The molecule has 0 spiro atoms. The molecule has 0 atom stereocenters. The number of aromatic nitrogens is 1. The maximum Gasteiger partial charge on any atom is 0.405 e. The summed E-state index contributed by atoms with van der Waals surface area (Å²) in [7, 11) is -3.73. The van der Waals surface area contributed by atoms with Crippen molar-refractivity contribution in [3.05, 3.63) is 18.0 Å². The number of carbonyl (C=O) groups excluding carboxylic acids is 2. The highest BCUT2D eigenvalue weighted by molar-refractivity contribution is 7.99. The fraction of sp³-hybridized carbons (Fsp3) is 0.538. The quantitative estimate of drug-likeness (QED) is 0.614. The number of alkyl halides is 3. The van der Waals surface area contributed by atoms with Crippen LogP contribution in [0.15, 0.2) is 17.2 Å². The number of H-pyrrole nitrogens is 1. The lowest BCUT2D eigenvalue weighted by Crippen LogP contribution is -2.41. The number of nitrogens with one attached hydrogen (secondary N) is 3.